The van der Waals surface area contributed by atoms with Crippen LogP contribution in [-0.2, 0) is 4.79 Å². The highest BCUT2D eigenvalue weighted by atomic mass is 32.1. The molecular weight excluding hydrogens is 520 g/mol. The zero-order valence-corrected chi connectivity index (χ0v) is 22.8. The number of piperidine rings is 1. The molecule has 6 aromatic heterocycles. The number of nitrogens with zero attached hydrogens (tertiary/aromatic N) is 4. The molecule has 7 rings (SSSR count). The molecule has 9 nitrogen and oxygen atoms in total. The average molecular weight is 549 g/mol. The van der Waals surface area contributed by atoms with E-state index in [0.29, 0.717) is 23.7 Å². The van der Waals surface area contributed by atoms with Gasteiger partial charge in [0, 0.05) is 62.2 Å². The molecule has 7 heterocycles. The Morgan fingerprint density at radius 1 is 1.00 bits per heavy atom. The van der Waals surface area contributed by atoms with Crippen molar-refractivity contribution in [1.82, 2.24) is 35.5 Å². The lowest BCUT2D eigenvalue weighted by Crippen LogP contribution is -2.30. The van der Waals surface area contributed by atoms with Gasteiger partial charge in [0.15, 0.2) is 5.65 Å². The zero-order chi connectivity index (χ0) is 27.1. The third kappa shape index (κ3) is 4.76. The summed E-state index contributed by atoms with van der Waals surface area (Å²) in [6, 6.07) is 10.4. The van der Waals surface area contributed by atoms with E-state index in [1.165, 1.54) is 9.75 Å². The molecule has 1 saturated heterocycles. The lowest BCUT2D eigenvalue weighted by Gasteiger charge is -2.21. The number of anilines is 1. The van der Waals surface area contributed by atoms with Gasteiger partial charge in [-0.05, 0) is 69.1 Å². The van der Waals surface area contributed by atoms with Crippen LogP contribution in [0.25, 0.3) is 54.9 Å². The Hall–Kier alpha value is -4.41. The Kier molecular flexibility index (Phi) is 6.33. The van der Waals surface area contributed by atoms with Crippen molar-refractivity contribution in [2.45, 2.75) is 26.2 Å². The monoisotopic (exact) mass is 548 g/mol. The van der Waals surface area contributed by atoms with E-state index in [1.807, 2.05) is 18.5 Å². The van der Waals surface area contributed by atoms with E-state index in [9.17, 15) is 4.79 Å². The minimum absolute atomic E-state index is 0.0296. The molecule has 1 fully saturated rings. The number of nitrogens with one attached hydrogen (secondary N) is 4. The van der Waals surface area contributed by atoms with E-state index in [1.54, 1.807) is 29.9 Å². The molecule has 0 bridgehead atoms. The zero-order valence-electron chi connectivity index (χ0n) is 22.0. The molecular formula is C30H28N8OS. The van der Waals surface area contributed by atoms with Gasteiger partial charge in [0.1, 0.15) is 0 Å². The second-order valence-electron chi connectivity index (χ2n) is 10.3. The van der Waals surface area contributed by atoms with Crippen LogP contribution < -0.4 is 10.6 Å². The number of hydrogen-bond acceptors (Lipinski definition) is 7. The van der Waals surface area contributed by atoms with Gasteiger partial charge in [0.2, 0.25) is 5.91 Å². The first-order valence-corrected chi connectivity index (χ1v) is 14.3. The summed E-state index contributed by atoms with van der Waals surface area (Å²) in [5, 5.41) is 16.0. The third-order valence-corrected chi connectivity index (χ3v) is 8.55. The van der Waals surface area contributed by atoms with E-state index >= 15 is 0 Å². The number of thiophene rings is 1. The Morgan fingerprint density at radius 2 is 1.85 bits per heavy atom. The van der Waals surface area contributed by atoms with E-state index < -0.39 is 0 Å². The van der Waals surface area contributed by atoms with Crippen molar-refractivity contribution < 1.29 is 4.79 Å². The first kappa shape index (κ1) is 24.6. The average Bonchev–Trinajstić information content (AvgIpc) is 3.71. The molecule has 40 heavy (non-hydrogen) atoms. The van der Waals surface area contributed by atoms with E-state index in [-0.39, 0.29) is 5.91 Å². The summed E-state index contributed by atoms with van der Waals surface area (Å²) >= 11 is 1.76. The van der Waals surface area contributed by atoms with Crippen molar-refractivity contribution in [2.24, 2.45) is 5.92 Å². The van der Waals surface area contributed by atoms with Gasteiger partial charge in [-0.2, -0.15) is 5.10 Å². The van der Waals surface area contributed by atoms with Crippen LogP contribution >= 0.6 is 11.3 Å². The lowest BCUT2D eigenvalue weighted by molar-refractivity contribution is -0.117. The minimum Gasteiger partial charge on any atom is -0.352 e. The lowest BCUT2D eigenvalue weighted by atomic mass is 9.94. The predicted molar refractivity (Wildman–Crippen MR) is 159 cm³/mol. The quantitative estimate of drug-likeness (QED) is 0.205. The maximum atomic E-state index is 12.7. The van der Waals surface area contributed by atoms with Crippen molar-refractivity contribution in [3.63, 3.8) is 0 Å². The summed E-state index contributed by atoms with van der Waals surface area (Å²) in [5.41, 5.74) is 6.91. The number of aromatic nitrogens is 6. The third-order valence-electron chi connectivity index (χ3n) is 7.52. The fraction of sp³-hybridized carbons (Fsp3) is 0.233. The topological polar surface area (TPSA) is 124 Å². The number of H-pyrrole nitrogens is 2. The SMILES string of the molecule is Cc1ccc(-c2cncc3[nH]c(-c4[nH]nc5ncc(-c6cncc(NC(=O)CC7CCNCC7)c6)cc45)cc23)s1. The maximum Gasteiger partial charge on any atom is 0.224 e. The second kappa shape index (κ2) is 10.3. The van der Waals surface area contributed by atoms with Gasteiger partial charge in [-0.15, -0.1) is 11.3 Å². The molecule has 0 unspecified atom stereocenters. The largest absolute Gasteiger partial charge is 0.352 e. The molecule has 0 saturated carbocycles. The predicted octanol–water partition coefficient (Wildman–Crippen LogP) is 5.93. The molecule has 1 aliphatic heterocycles. The van der Waals surface area contributed by atoms with Gasteiger partial charge in [0.25, 0.3) is 0 Å². The van der Waals surface area contributed by atoms with Crippen LogP contribution in [0, 0.1) is 12.8 Å². The van der Waals surface area contributed by atoms with E-state index in [0.717, 1.165) is 70.3 Å². The first-order chi connectivity index (χ1) is 19.6. The van der Waals surface area contributed by atoms with E-state index in [2.05, 4.69) is 72.0 Å². The normalized spacial score (nSPS) is 14.2. The number of rotatable bonds is 6. The van der Waals surface area contributed by atoms with Gasteiger partial charge < -0.3 is 15.6 Å². The van der Waals surface area contributed by atoms with Crippen LogP contribution in [-0.4, -0.2) is 49.1 Å². The number of carbonyl (C=O) groups is 1. The van der Waals surface area contributed by atoms with Crippen LogP contribution in [0.4, 0.5) is 5.69 Å². The van der Waals surface area contributed by atoms with Crippen molar-refractivity contribution in [2.75, 3.05) is 18.4 Å². The van der Waals surface area contributed by atoms with Gasteiger partial charge in [-0.25, -0.2) is 4.98 Å². The van der Waals surface area contributed by atoms with Crippen LogP contribution in [0.15, 0.2) is 61.3 Å². The standard InChI is InChI=1S/C30H28N8OS/c1-17-2-3-27(40-17)24-15-33-16-26-22(24)11-25(36-26)29-23-10-20(13-34-30(23)38-37-29)19-9-21(14-32-12-19)35-28(39)8-18-4-6-31-7-5-18/h2-3,9-16,18,31,36H,4-8H2,1H3,(H,35,39)(H,34,37,38). The Morgan fingerprint density at radius 3 is 2.70 bits per heavy atom. The molecule has 0 aliphatic carbocycles. The number of pyridine rings is 3. The molecule has 0 aromatic carbocycles. The smallest absolute Gasteiger partial charge is 0.224 e. The molecule has 1 aliphatic rings. The Bertz CT molecular complexity index is 1850. The molecule has 0 atom stereocenters. The maximum absolute atomic E-state index is 12.7. The van der Waals surface area contributed by atoms with Crippen molar-refractivity contribution >= 4 is 44.9 Å². The fourth-order valence-corrected chi connectivity index (χ4v) is 6.34. The number of aromatic amines is 2. The molecule has 6 aromatic rings. The van der Waals surface area contributed by atoms with Gasteiger partial charge in [0.05, 0.1) is 35.0 Å². The molecule has 1 amide bonds. The molecule has 10 heteroatoms. The summed E-state index contributed by atoms with van der Waals surface area (Å²) in [5.74, 6) is 0.455. The molecule has 0 radical (unpaired) electrons. The Balaban J connectivity index is 1.19. The number of fused-ring (bicyclic) bond motifs is 2. The summed E-state index contributed by atoms with van der Waals surface area (Å²) in [4.78, 5) is 32.1. The summed E-state index contributed by atoms with van der Waals surface area (Å²) in [7, 11) is 0. The second-order valence-corrected chi connectivity index (χ2v) is 11.6. The highest BCUT2D eigenvalue weighted by molar-refractivity contribution is 7.15. The van der Waals surface area contributed by atoms with Crippen LogP contribution in [0.2, 0.25) is 0 Å². The number of amides is 1. The number of aryl methyl sites for hydroxylation is 1. The molecule has 200 valence electrons. The van der Waals surface area contributed by atoms with Crippen LogP contribution in [0.1, 0.15) is 24.1 Å². The fourth-order valence-electron chi connectivity index (χ4n) is 5.45. The van der Waals surface area contributed by atoms with Crippen molar-refractivity contribution in [1.29, 1.82) is 0 Å². The summed E-state index contributed by atoms with van der Waals surface area (Å²) < 4.78 is 0. The first-order valence-electron chi connectivity index (χ1n) is 13.4. The molecule has 0 spiro atoms. The van der Waals surface area contributed by atoms with Gasteiger partial charge in [-0.3, -0.25) is 19.9 Å². The van der Waals surface area contributed by atoms with Crippen LogP contribution in [0.3, 0.4) is 0 Å². The highest BCUT2D eigenvalue weighted by Crippen LogP contribution is 2.36. The van der Waals surface area contributed by atoms with Gasteiger partial charge >= 0.3 is 0 Å². The number of carbonyl (C=O) groups excluding carboxylic acids is 1. The van der Waals surface area contributed by atoms with Gasteiger partial charge in [-0.1, -0.05) is 0 Å². The Labute approximate surface area is 234 Å². The van der Waals surface area contributed by atoms with Crippen molar-refractivity contribution in [3.8, 4) is 33.0 Å². The highest BCUT2D eigenvalue weighted by Gasteiger charge is 2.18. The number of hydrogen-bond donors (Lipinski definition) is 4. The molecule has 4 N–H and O–H groups in total. The van der Waals surface area contributed by atoms with E-state index in [4.69, 9.17) is 0 Å². The van der Waals surface area contributed by atoms with Crippen molar-refractivity contribution in [3.05, 3.63) is 66.2 Å². The minimum atomic E-state index is 0.0296. The van der Waals surface area contributed by atoms with Crippen LogP contribution in [0.5, 0.6) is 0 Å². The summed E-state index contributed by atoms with van der Waals surface area (Å²) in [6.45, 7) is 4.07. The summed E-state index contributed by atoms with van der Waals surface area (Å²) in [6.07, 6.45) is 11.6.